The molecule has 3 rings (SSSR count). The van der Waals surface area contributed by atoms with Gasteiger partial charge in [-0.15, -0.1) is 0 Å². The average molecular weight is 447 g/mol. The third kappa shape index (κ3) is 7.94. The number of nitrogens with zero attached hydrogens (tertiary/aromatic N) is 2. The van der Waals surface area contributed by atoms with E-state index < -0.39 is 0 Å². The third-order valence-electron chi connectivity index (χ3n) is 6.19. The number of aliphatic imine (C=N–C) groups is 1. The van der Waals surface area contributed by atoms with Gasteiger partial charge in [-0.3, -0.25) is 9.89 Å². The van der Waals surface area contributed by atoms with Gasteiger partial charge >= 0.3 is 0 Å². The SMILES string of the molecule is CN=C(NCc1cccc(OCCN2CCOCC2)c1)NCC1CCCOC1C(C)(C)C. The summed E-state index contributed by atoms with van der Waals surface area (Å²) in [5.74, 6) is 2.22. The summed E-state index contributed by atoms with van der Waals surface area (Å²) in [7, 11) is 1.82. The Labute approximate surface area is 193 Å². The van der Waals surface area contributed by atoms with Crippen molar-refractivity contribution in [2.75, 3.05) is 59.7 Å². The molecule has 0 aromatic heterocycles. The predicted molar refractivity (Wildman–Crippen MR) is 129 cm³/mol. The molecule has 1 aromatic carbocycles. The average Bonchev–Trinajstić information content (AvgIpc) is 2.80. The molecule has 2 fully saturated rings. The van der Waals surface area contributed by atoms with Crippen LogP contribution in [0.4, 0.5) is 0 Å². The normalized spacial score (nSPS) is 23.1. The number of benzene rings is 1. The maximum Gasteiger partial charge on any atom is 0.191 e. The number of morpholine rings is 1. The lowest BCUT2D eigenvalue weighted by atomic mass is 9.78. The first-order valence-electron chi connectivity index (χ1n) is 12.0. The second-order valence-electron chi connectivity index (χ2n) is 9.82. The molecule has 0 aliphatic carbocycles. The summed E-state index contributed by atoms with van der Waals surface area (Å²) in [5.41, 5.74) is 1.32. The van der Waals surface area contributed by atoms with Crippen LogP contribution in [0.2, 0.25) is 0 Å². The van der Waals surface area contributed by atoms with E-state index in [1.54, 1.807) is 0 Å². The highest BCUT2D eigenvalue weighted by Crippen LogP contribution is 2.33. The molecule has 0 bridgehead atoms. The van der Waals surface area contributed by atoms with Gasteiger partial charge in [-0.25, -0.2) is 0 Å². The van der Waals surface area contributed by atoms with Crippen molar-refractivity contribution >= 4 is 5.96 Å². The summed E-state index contributed by atoms with van der Waals surface area (Å²) >= 11 is 0. The molecule has 0 spiro atoms. The van der Waals surface area contributed by atoms with E-state index in [1.165, 1.54) is 12.0 Å². The van der Waals surface area contributed by atoms with Crippen LogP contribution in [0.3, 0.4) is 0 Å². The summed E-state index contributed by atoms with van der Waals surface area (Å²) in [4.78, 5) is 6.79. The molecule has 2 aliphatic heterocycles. The molecule has 2 unspecified atom stereocenters. The summed E-state index contributed by atoms with van der Waals surface area (Å²) < 4.78 is 17.5. The van der Waals surface area contributed by atoms with Crippen molar-refractivity contribution in [1.82, 2.24) is 15.5 Å². The number of ether oxygens (including phenoxy) is 3. The number of rotatable bonds is 8. The van der Waals surface area contributed by atoms with Crippen LogP contribution < -0.4 is 15.4 Å². The highest BCUT2D eigenvalue weighted by atomic mass is 16.5. The van der Waals surface area contributed by atoms with E-state index in [2.05, 4.69) is 53.4 Å². The van der Waals surface area contributed by atoms with Crippen molar-refractivity contribution in [2.24, 2.45) is 16.3 Å². The fourth-order valence-corrected chi connectivity index (χ4v) is 4.51. The lowest BCUT2D eigenvalue weighted by molar-refractivity contribution is -0.0835. The Hall–Kier alpha value is -1.83. The van der Waals surface area contributed by atoms with Crippen LogP contribution in [0.15, 0.2) is 29.3 Å². The number of nitrogens with one attached hydrogen (secondary N) is 2. The standard InChI is InChI=1S/C25H42N4O3/c1-25(2,3)23-21(8-6-13-32-23)19-28-24(26-4)27-18-20-7-5-9-22(17-20)31-16-12-29-10-14-30-15-11-29/h5,7,9,17,21,23H,6,8,10-16,18-19H2,1-4H3,(H2,26,27,28). The number of guanidine groups is 1. The minimum Gasteiger partial charge on any atom is -0.492 e. The van der Waals surface area contributed by atoms with Crippen LogP contribution in [0.25, 0.3) is 0 Å². The summed E-state index contributed by atoms with van der Waals surface area (Å²) in [6, 6.07) is 8.28. The zero-order valence-electron chi connectivity index (χ0n) is 20.4. The molecule has 2 aliphatic rings. The first kappa shape index (κ1) is 24.8. The summed E-state index contributed by atoms with van der Waals surface area (Å²) in [6.07, 6.45) is 2.59. The minimum absolute atomic E-state index is 0.145. The van der Waals surface area contributed by atoms with E-state index >= 15 is 0 Å². The Kier molecular flexibility index (Phi) is 9.63. The van der Waals surface area contributed by atoms with E-state index in [-0.39, 0.29) is 11.5 Å². The first-order chi connectivity index (χ1) is 15.5. The van der Waals surface area contributed by atoms with Crippen LogP contribution in [-0.4, -0.2) is 76.6 Å². The maximum absolute atomic E-state index is 6.11. The quantitative estimate of drug-likeness (QED) is 0.473. The lowest BCUT2D eigenvalue weighted by Gasteiger charge is -2.40. The van der Waals surface area contributed by atoms with Gasteiger partial charge in [-0.1, -0.05) is 32.9 Å². The topological polar surface area (TPSA) is 67.4 Å². The van der Waals surface area contributed by atoms with E-state index in [1.807, 2.05) is 19.2 Å². The van der Waals surface area contributed by atoms with Crippen molar-refractivity contribution < 1.29 is 14.2 Å². The Balaban J connectivity index is 1.42. The molecule has 180 valence electrons. The van der Waals surface area contributed by atoms with E-state index in [9.17, 15) is 0 Å². The zero-order chi connectivity index (χ0) is 22.8. The number of hydrogen-bond donors (Lipinski definition) is 2. The van der Waals surface area contributed by atoms with E-state index in [0.29, 0.717) is 19.1 Å². The van der Waals surface area contributed by atoms with Crippen molar-refractivity contribution in [2.45, 2.75) is 46.3 Å². The molecular weight excluding hydrogens is 404 g/mol. The predicted octanol–water partition coefficient (Wildman–Crippen LogP) is 2.90. The van der Waals surface area contributed by atoms with Gasteiger partial charge in [0.15, 0.2) is 5.96 Å². The largest absolute Gasteiger partial charge is 0.492 e. The van der Waals surface area contributed by atoms with Crippen LogP contribution in [0.1, 0.15) is 39.2 Å². The monoisotopic (exact) mass is 446 g/mol. The molecule has 32 heavy (non-hydrogen) atoms. The van der Waals surface area contributed by atoms with Crippen molar-refractivity contribution in [1.29, 1.82) is 0 Å². The lowest BCUT2D eigenvalue weighted by Crippen LogP contribution is -2.47. The summed E-state index contributed by atoms with van der Waals surface area (Å²) in [6.45, 7) is 14.5. The molecule has 2 heterocycles. The molecular formula is C25H42N4O3. The molecule has 2 saturated heterocycles. The van der Waals surface area contributed by atoms with Crippen molar-refractivity contribution in [3.63, 3.8) is 0 Å². The van der Waals surface area contributed by atoms with E-state index in [4.69, 9.17) is 14.2 Å². The molecule has 0 saturated carbocycles. The molecule has 0 amide bonds. The fraction of sp³-hybridized carbons (Fsp3) is 0.720. The van der Waals surface area contributed by atoms with Crippen LogP contribution >= 0.6 is 0 Å². The molecule has 7 heteroatoms. The Morgan fingerprint density at radius 3 is 2.75 bits per heavy atom. The van der Waals surface area contributed by atoms with Gasteiger partial charge in [0.05, 0.1) is 19.3 Å². The van der Waals surface area contributed by atoms with Gasteiger partial charge in [-0.05, 0) is 36.0 Å². The molecule has 7 nitrogen and oxygen atoms in total. The van der Waals surface area contributed by atoms with Gasteiger partial charge < -0.3 is 24.8 Å². The van der Waals surface area contributed by atoms with Crippen LogP contribution in [-0.2, 0) is 16.0 Å². The number of hydrogen-bond acceptors (Lipinski definition) is 5. The second kappa shape index (κ2) is 12.4. The van der Waals surface area contributed by atoms with Crippen molar-refractivity contribution in [3.05, 3.63) is 29.8 Å². The first-order valence-corrected chi connectivity index (χ1v) is 12.0. The maximum atomic E-state index is 6.11. The van der Waals surface area contributed by atoms with Crippen molar-refractivity contribution in [3.8, 4) is 5.75 Å². The van der Waals surface area contributed by atoms with Gasteiger partial charge in [0.2, 0.25) is 0 Å². The molecule has 0 radical (unpaired) electrons. The van der Waals surface area contributed by atoms with Gasteiger partial charge in [0, 0.05) is 52.3 Å². The Bertz CT molecular complexity index is 713. The van der Waals surface area contributed by atoms with Gasteiger partial charge in [-0.2, -0.15) is 0 Å². The van der Waals surface area contributed by atoms with E-state index in [0.717, 1.165) is 64.1 Å². The second-order valence-corrected chi connectivity index (χ2v) is 9.82. The van der Waals surface area contributed by atoms with Gasteiger partial charge in [0.1, 0.15) is 12.4 Å². The highest BCUT2D eigenvalue weighted by Gasteiger charge is 2.35. The van der Waals surface area contributed by atoms with Crippen LogP contribution in [0.5, 0.6) is 5.75 Å². The molecule has 1 aromatic rings. The van der Waals surface area contributed by atoms with Gasteiger partial charge in [0.25, 0.3) is 0 Å². The molecule has 2 N–H and O–H groups in total. The third-order valence-corrected chi connectivity index (χ3v) is 6.19. The molecule has 2 atom stereocenters. The zero-order valence-corrected chi connectivity index (χ0v) is 20.4. The Morgan fingerprint density at radius 1 is 1.19 bits per heavy atom. The smallest absolute Gasteiger partial charge is 0.191 e. The fourth-order valence-electron chi connectivity index (χ4n) is 4.51. The minimum atomic E-state index is 0.145. The van der Waals surface area contributed by atoms with Crippen LogP contribution in [0, 0.1) is 11.3 Å². The summed E-state index contributed by atoms with van der Waals surface area (Å²) in [5, 5.41) is 6.94. The Morgan fingerprint density at radius 2 is 2.00 bits per heavy atom. The highest BCUT2D eigenvalue weighted by molar-refractivity contribution is 5.79.